The number of hydrogen-bond acceptors (Lipinski definition) is 6. The molecule has 154 valence electrons. The average molecular weight is 396 g/mol. The lowest BCUT2D eigenvalue weighted by Crippen LogP contribution is -2.54. The molecule has 4 rings (SSSR count). The number of nitrogens with one attached hydrogen (secondary N) is 1. The molecule has 1 aromatic carbocycles. The highest BCUT2D eigenvalue weighted by Crippen LogP contribution is 2.46. The van der Waals surface area contributed by atoms with Crippen LogP contribution in [0, 0.1) is 0 Å². The number of aliphatic hydroxyl groups excluding tert-OH is 1. The van der Waals surface area contributed by atoms with Crippen LogP contribution in [0.5, 0.6) is 0 Å². The molecule has 7 nitrogen and oxygen atoms in total. The highest BCUT2D eigenvalue weighted by atomic mass is 16.3. The van der Waals surface area contributed by atoms with E-state index in [1.807, 2.05) is 4.90 Å². The molecule has 7 heteroatoms. The minimum Gasteiger partial charge on any atom is -0.366 e. The zero-order valence-electron chi connectivity index (χ0n) is 17.0. The van der Waals surface area contributed by atoms with Gasteiger partial charge in [-0.25, -0.2) is 4.98 Å². The van der Waals surface area contributed by atoms with Gasteiger partial charge in [-0.15, -0.1) is 0 Å². The second kappa shape index (κ2) is 7.40. The van der Waals surface area contributed by atoms with Gasteiger partial charge in [-0.2, -0.15) is 0 Å². The van der Waals surface area contributed by atoms with Crippen molar-refractivity contribution in [2.75, 3.05) is 25.5 Å². The number of carbonyl (C=O) groups excluding carboxylic acids is 1. The number of anilines is 1. The van der Waals surface area contributed by atoms with Crippen LogP contribution >= 0.6 is 0 Å². The van der Waals surface area contributed by atoms with E-state index in [9.17, 15) is 9.90 Å². The Bertz CT molecular complexity index is 861. The molecular formula is C22H29N5O2. The van der Waals surface area contributed by atoms with Crippen molar-refractivity contribution in [3.8, 4) is 0 Å². The van der Waals surface area contributed by atoms with E-state index in [0.717, 1.165) is 25.7 Å². The van der Waals surface area contributed by atoms with Crippen LogP contribution < -0.4 is 16.0 Å². The van der Waals surface area contributed by atoms with Gasteiger partial charge in [0, 0.05) is 23.8 Å². The molecule has 1 saturated heterocycles. The molecule has 1 unspecified atom stereocenters. The lowest BCUT2D eigenvalue weighted by Gasteiger charge is -2.49. The Hall–Kier alpha value is -2.48. The van der Waals surface area contributed by atoms with Gasteiger partial charge in [0.25, 0.3) is 0 Å². The minimum atomic E-state index is -0.800. The lowest BCUT2D eigenvalue weighted by atomic mass is 9.69. The highest BCUT2D eigenvalue weighted by molar-refractivity contribution is 5.92. The molecule has 1 atom stereocenters. The number of aromatic nitrogens is 1. The Labute approximate surface area is 171 Å². The van der Waals surface area contributed by atoms with E-state index in [4.69, 9.17) is 5.73 Å². The number of carbonyl (C=O) groups is 1. The summed E-state index contributed by atoms with van der Waals surface area (Å²) in [7, 11) is 4.30. The van der Waals surface area contributed by atoms with E-state index in [1.165, 1.54) is 11.8 Å². The van der Waals surface area contributed by atoms with Crippen molar-refractivity contribution in [2.24, 2.45) is 5.73 Å². The van der Waals surface area contributed by atoms with Crippen molar-refractivity contribution < 1.29 is 9.90 Å². The molecule has 1 aliphatic heterocycles. The van der Waals surface area contributed by atoms with Crippen LogP contribution in [0.3, 0.4) is 0 Å². The fraction of sp³-hybridized carbons (Fsp3) is 0.455. The van der Waals surface area contributed by atoms with Crippen LogP contribution in [0.1, 0.15) is 41.6 Å². The highest BCUT2D eigenvalue weighted by Gasteiger charge is 2.50. The monoisotopic (exact) mass is 395 g/mol. The topological polar surface area (TPSA) is 94.7 Å². The maximum absolute atomic E-state index is 11.3. The van der Waals surface area contributed by atoms with Crippen LogP contribution in [0.25, 0.3) is 0 Å². The van der Waals surface area contributed by atoms with E-state index in [1.54, 1.807) is 12.1 Å². The van der Waals surface area contributed by atoms with Gasteiger partial charge in [0.1, 0.15) is 5.82 Å². The summed E-state index contributed by atoms with van der Waals surface area (Å²) >= 11 is 0. The van der Waals surface area contributed by atoms with Gasteiger partial charge < -0.3 is 15.7 Å². The van der Waals surface area contributed by atoms with Crippen LogP contribution in [-0.4, -0.2) is 53.4 Å². The second-order valence-corrected chi connectivity index (χ2v) is 8.49. The largest absolute Gasteiger partial charge is 0.366 e. The van der Waals surface area contributed by atoms with Crippen molar-refractivity contribution >= 4 is 11.7 Å². The molecule has 0 radical (unpaired) electrons. The fourth-order valence-corrected chi connectivity index (χ4v) is 4.91. The minimum absolute atomic E-state index is 0.00789. The van der Waals surface area contributed by atoms with Crippen LogP contribution in [0.4, 0.5) is 5.82 Å². The molecule has 1 aromatic heterocycles. The average Bonchev–Trinajstić information content (AvgIpc) is 3.05. The summed E-state index contributed by atoms with van der Waals surface area (Å²) in [4.78, 5) is 19.8. The Morgan fingerprint density at radius 2 is 1.86 bits per heavy atom. The predicted octanol–water partition coefficient (Wildman–Crippen LogP) is 1.64. The SMILES string of the molecule is CN(C)[C@]1(c2ccccc2)CC[C@]2(CC1)CN(c1ccc(C(N)=O)cn1)C(O)N2. The van der Waals surface area contributed by atoms with E-state index < -0.39 is 12.3 Å². The standard InChI is InChI=1S/C22H29N5O2/c1-26(2)22(17-6-4-3-5-7-17)12-10-21(11-13-22)15-27(20(29)25-21)18-9-8-16(14-24-18)19(23)28/h3-9,14,20,25,29H,10-13,15H2,1-2H3,(H2,23,28)/t20?,21-,22+. The predicted molar refractivity (Wildman–Crippen MR) is 112 cm³/mol. The quantitative estimate of drug-likeness (QED) is 0.729. The number of hydrogen-bond donors (Lipinski definition) is 3. The van der Waals surface area contributed by atoms with E-state index in [-0.39, 0.29) is 11.1 Å². The zero-order chi connectivity index (χ0) is 20.6. The summed E-state index contributed by atoms with van der Waals surface area (Å²) in [5.74, 6) is 0.133. The number of nitrogens with zero attached hydrogens (tertiary/aromatic N) is 3. The number of pyridine rings is 1. The lowest BCUT2D eigenvalue weighted by molar-refractivity contribution is 0.0513. The molecular weight excluding hydrogens is 366 g/mol. The Kier molecular flexibility index (Phi) is 5.06. The fourth-order valence-electron chi connectivity index (χ4n) is 4.91. The third-order valence-corrected chi connectivity index (χ3v) is 6.73. The van der Waals surface area contributed by atoms with Crippen molar-refractivity contribution in [3.05, 3.63) is 59.8 Å². The maximum atomic E-state index is 11.3. The molecule has 0 bridgehead atoms. The summed E-state index contributed by atoms with van der Waals surface area (Å²) in [5.41, 5.74) is 6.86. The van der Waals surface area contributed by atoms with Gasteiger partial charge >= 0.3 is 0 Å². The second-order valence-electron chi connectivity index (χ2n) is 8.49. The van der Waals surface area contributed by atoms with Gasteiger partial charge in [0.15, 0.2) is 6.35 Å². The van der Waals surface area contributed by atoms with Gasteiger partial charge in [-0.3, -0.25) is 15.0 Å². The van der Waals surface area contributed by atoms with Crippen molar-refractivity contribution in [1.29, 1.82) is 0 Å². The summed E-state index contributed by atoms with van der Waals surface area (Å²) in [6.45, 7) is 0.676. The number of primary amides is 1. The summed E-state index contributed by atoms with van der Waals surface area (Å²) in [5, 5.41) is 14.1. The molecule has 1 spiro atoms. The zero-order valence-corrected chi connectivity index (χ0v) is 17.0. The van der Waals surface area contributed by atoms with Crippen LogP contribution in [0.2, 0.25) is 0 Å². The number of amides is 1. The molecule has 1 amide bonds. The van der Waals surface area contributed by atoms with Crippen LogP contribution in [-0.2, 0) is 5.54 Å². The van der Waals surface area contributed by atoms with Gasteiger partial charge in [0.05, 0.1) is 5.56 Å². The first kappa shape index (κ1) is 19.8. The van der Waals surface area contributed by atoms with Gasteiger partial charge in [0.2, 0.25) is 5.91 Å². The first-order valence-electron chi connectivity index (χ1n) is 10.1. The molecule has 1 aliphatic carbocycles. The number of nitrogens with two attached hydrogens (primary N) is 1. The van der Waals surface area contributed by atoms with Gasteiger partial charge in [-0.1, -0.05) is 30.3 Å². The molecule has 29 heavy (non-hydrogen) atoms. The van der Waals surface area contributed by atoms with E-state index in [2.05, 4.69) is 59.6 Å². The molecule has 2 fully saturated rings. The third-order valence-electron chi connectivity index (χ3n) is 6.73. The Balaban J connectivity index is 1.52. The number of benzene rings is 1. The molecule has 1 saturated carbocycles. The van der Waals surface area contributed by atoms with Gasteiger partial charge in [-0.05, 0) is 57.5 Å². The molecule has 4 N–H and O–H groups in total. The summed E-state index contributed by atoms with van der Waals surface area (Å²) in [6, 6.07) is 14.1. The van der Waals surface area contributed by atoms with Crippen molar-refractivity contribution in [3.63, 3.8) is 0 Å². The maximum Gasteiger partial charge on any atom is 0.250 e. The summed E-state index contributed by atoms with van der Waals surface area (Å²) in [6.07, 6.45) is 4.57. The van der Waals surface area contributed by atoms with Crippen molar-refractivity contribution in [1.82, 2.24) is 15.2 Å². The van der Waals surface area contributed by atoms with E-state index >= 15 is 0 Å². The Morgan fingerprint density at radius 1 is 1.17 bits per heavy atom. The van der Waals surface area contributed by atoms with Crippen LogP contribution in [0.15, 0.2) is 48.7 Å². The molecule has 2 aromatic rings. The third kappa shape index (κ3) is 3.50. The van der Waals surface area contributed by atoms with E-state index in [0.29, 0.717) is 17.9 Å². The first-order valence-corrected chi connectivity index (χ1v) is 10.1. The smallest absolute Gasteiger partial charge is 0.250 e. The summed E-state index contributed by atoms with van der Waals surface area (Å²) < 4.78 is 0. The molecule has 2 heterocycles. The number of aliphatic hydroxyl groups is 1. The van der Waals surface area contributed by atoms with Crippen molar-refractivity contribution in [2.45, 2.75) is 43.1 Å². The number of rotatable bonds is 4. The molecule has 2 aliphatic rings. The Morgan fingerprint density at radius 3 is 2.41 bits per heavy atom. The normalized spacial score (nSPS) is 29.5. The first-order chi connectivity index (χ1) is 13.9.